The minimum Gasteiger partial charge on any atom is -0.507 e. The zero-order chi connectivity index (χ0) is 16.7. The van der Waals surface area contributed by atoms with Gasteiger partial charge in [-0.25, -0.2) is 0 Å². The molecular formula is C17H13ClO5. The predicted molar refractivity (Wildman–Crippen MR) is 84.1 cm³/mol. The van der Waals surface area contributed by atoms with Crippen LogP contribution in [0.4, 0.5) is 0 Å². The fourth-order valence-corrected chi connectivity index (χ4v) is 2.99. The Morgan fingerprint density at radius 2 is 1.48 bits per heavy atom. The number of fused-ring (bicyclic) bond motifs is 2. The summed E-state index contributed by atoms with van der Waals surface area (Å²) in [5, 5.41) is 10.3. The van der Waals surface area contributed by atoms with E-state index in [1.165, 1.54) is 26.4 Å². The van der Waals surface area contributed by atoms with E-state index in [0.717, 1.165) is 0 Å². The van der Waals surface area contributed by atoms with E-state index in [1.54, 1.807) is 12.1 Å². The van der Waals surface area contributed by atoms with Crippen molar-refractivity contribution < 1.29 is 24.2 Å². The average Bonchev–Trinajstić information content (AvgIpc) is 2.58. The van der Waals surface area contributed by atoms with E-state index in [-0.39, 0.29) is 45.4 Å². The van der Waals surface area contributed by atoms with Gasteiger partial charge in [-0.3, -0.25) is 9.59 Å². The van der Waals surface area contributed by atoms with Crippen LogP contribution in [0, 0.1) is 0 Å². The van der Waals surface area contributed by atoms with Crippen molar-refractivity contribution in [1.29, 1.82) is 0 Å². The van der Waals surface area contributed by atoms with Crippen LogP contribution in [-0.2, 0) is 5.88 Å². The maximum atomic E-state index is 12.9. The standard InChI is InChI=1S/C17H13ClO5/c1-22-10-5-6-11(23-2)14-13(10)16(20)9-4-3-8(7-18)15(19)12(9)17(14)21/h3-6,19H,7H2,1-2H3. The number of methoxy groups -OCH3 is 2. The van der Waals surface area contributed by atoms with Gasteiger partial charge in [-0.15, -0.1) is 11.6 Å². The number of phenols is 1. The first-order valence-corrected chi connectivity index (χ1v) is 7.33. The molecule has 23 heavy (non-hydrogen) atoms. The van der Waals surface area contributed by atoms with Crippen molar-refractivity contribution in [2.24, 2.45) is 0 Å². The van der Waals surface area contributed by atoms with Gasteiger partial charge in [0.15, 0.2) is 5.78 Å². The number of hydrogen-bond acceptors (Lipinski definition) is 5. The molecule has 6 heteroatoms. The fourth-order valence-electron chi connectivity index (χ4n) is 2.78. The molecule has 0 aliphatic heterocycles. The molecule has 0 heterocycles. The van der Waals surface area contributed by atoms with Crippen LogP contribution in [0.5, 0.6) is 17.2 Å². The summed E-state index contributed by atoms with van der Waals surface area (Å²) in [6.07, 6.45) is 0. The van der Waals surface area contributed by atoms with Gasteiger partial charge in [0, 0.05) is 11.1 Å². The van der Waals surface area contributed by atoms with Crippen LogP contribution in [-0.4, -0.2) is 30.9 Å². The molecule has 1 aliphatic rings. The number of hydrogen-bond donors (Lipinski definition) is 1. The summed E-state index contributed by atoms with van der Waals surface area (Å²) in [5.74, 6) is -0.600. The highest BCUT2D eigenvalue weighted by atomic mass is 35.5. The largest absolute Gasteiger partial charge is 0.507 e. The molecule has 0 aromatic heterocycles. The molecular weight excluding hydrogens is 320 g/mol. The molecule has 0 amide bonds. The number of benzene rings is 2. The number of carbonyl (C=O) groups excluding carboxylic acids is 2. The highest BCUT2D eigenvalue weighted by Crippen LogP contribution is 2.41. The molecule has 0 spiro atoms. The predicted octanol–water partition coefficient (Wildman–Crippen LogP) is 2.92. The quantitative estimate of drug-likeness (QED) is 0.747. The third-order valence-electron chi connectivity index (χ3n) is 3.90. The summed E-state index contributed by atoms with van der Waals surface area (Å²) in [6, 6.07) is 6.15. The molecule has 2 aromatic rings. The van der Waals surface area contributed by atoms with E-state index in [2.05, 4.69) is 0 Å². The molecule has 5 nitrogen and oxygen atoms in total. The Morgan fingerprint density at radius 1 is 0.913 bits per heavy atom. The van der Waals surface area contributed by atoms with E-state index in [9.17, 15) is 14.7 Å². The molecule has 0 unspecified atom stereocenters. The number of aromatic hydroxyl groups is 1. The lowest BCUT2D eigenvalue weighted by Gasteiger charge is -2.22. The lowest BCUT2D eigenvalue weighted by atomic mass is 9.81. The number of halogens is 1. The summed E-state index contributed by atoms with van der Waals surface area (Å²) in [4.78, 5) is 25.7. The van der Waals surface area contributed by atoms with Crippen molar-refractivity contribution in [3.05, 3.63) is 52.1 Å². The number of ether oxygens (including phenoxy) is 2. The van der Waals surface area contributed by atoms with Gasteiger partial charge < -0.3 is 14.6 Å². The van der Waals surface area contributed by atoms with Gasteiger partial charge in [-0.2, -0.15) is 0 Å². The Morgan fingerprint density at radius 3 is 2.00 bits per heavy atom. The molecule has 118 valence electrons. The van der Waals surface area contributed by atoms with Gasteiger partial charge in [-0.1, -0.05) is 6.07 Å². The molecule has 0 saturated heterocycles. The normalized spacial score (nSPS) is 12.7. The Kier molecular flexibility index (Phi) is 3.74. The van der Waals surface area contributed by atoms with Crippen molar-refractivity contribution in [3.8, 4) is 17.2 Å². The van der Waals surface area contributed by atoms with Gasteiger partial charge in [0.1, 0.15) is 17.2 Å². The second kappa shape index (κ2) is 5.59. The van der Waals surface area contributed by atoms with Crippen molar-refractivity contribution in [2.75, 3.05) is 14.2 Å². The second-order valence-corrected chi connectivity index (χ2v) is 5.28. The van der Waals surface area contributed by atoms with Crippen LogP contribution in [0.2, 0.25) is 0 Å². The Bertz CT molecular complexity index is 841. The zero-order valence-corrected chi connectivity index (χ0v) is 13.2. The molecule has 3 rings (SSSR count). The van der Waals surface area contributed by atoms with Crippen LogP contribution in [0.3, 0.4) is 0 Å². The van der Waals surface area contributed by atoms with Gasteiger partial charge in [0.25, 0.3) is 0 Å². The number of alkyl halides is 1. The van der Waals surface area contributed by atoms with Crippen molar-refractivity contribution >= 4 is 23.2 Å². The Balaban J connectivity index is 2.37. The summed E-state index contributed by atoms with van der Waals surface area (Å²) in [6.45, 7) is 0. The second-order valence-electron chi connectivity index (χ2n) is 5.01. The topological polar surface area (TPSA) is 72.8 Å². The Hall–Kier alpha value is -2.53. The van der Waals surface area contributed by atoms with E-state index >= 15 is 0 Å². The first-order chi connectivity index (χ1) is 11.0. The zero-order valence-electron chi connectivity index (χ0n) is 12.5. The maximum absolute atomic E-state index is 12.9. The number of phenolic OH excluding ortho intramolecular Hbond substituents is 1. The summed E-state index contributed by atoms with van der Waals surface area (Å²) in [7, 11) is 2.83. The molecule has 0 radical (unpaired) electrons. The lowest BCUT2D eigenvalue weighted by Crippen LogP contribution is -2.23. The summed E-state index contributed by atoms with van der Waals surface area (Å²) >= 11 is 5.76. The van der Waals surface area contributed by atoms with Crippen molar-refractivity contribution in [1.82, 2.24) is 0 Å². The maximum Gasteiger partial charge on any atom is 0.202 e. The summed E-state index contributed by atoms with van der Waals surface area (Å²) in [5.41, 5.74) is 0.693. The molecule has 1 N–H and O–H groups in total. The van der Waals surface area contributed by atoms with Gasteiger partial charge >= 0.3 is 0 Å². The van der Waals surface area contributed by atoms with E-state index in [0.29, 0.717) is 5.56 Å². The highest BCUT2D eigenvalue weighted by molar-refractivity contribution is 6.31. The number of ketones is 2. The highest BCUT2D eigenvalue weighted by Gasteiger charge is 2.37. The molecule has 1 aliphatic carbocycles. The van der Waals surface area contributed by atoms with Crippen LogP contribution < -0.4 is 9.47 Å². The van der Waals surface area contributed by atoms with Crippen LogP contribution in [0.25, 0.3) is 0 Å². The van der Waals surface area contributed by atoms with Gasteiger partial charge in [0.05, 0.1) is 36.8 Å². The minimum atomic E-state index is -0.491. The van der Waals surface area contributed by atoms with Crippen LogP contribution in [0.15, 0.2) is 24.3 Å². The number of carbonyl (C=O) groups is 2. The fraction of sp³-hybridized carbons (Fsp3) is 0.176. The van der Waals surface area contributed by atoms with Crippen LogP contribution in [0.1, 0.15) is 37.4 Å². The molecule has 0 atom stereocenters. The van der Waals surface area contributed by atoms with E-state index in [1.807, 2.05) is 0 Å². The molecule has 0 saturated carbocycles. The first-order valence-electron chi connectivity index (χ1n) is 6.80. The van der Waals surface area contributed by atoms with Crippen molar-refractivity contribution in [2.45, 2.75) is 5.88 Å². The first kappa shape index (κ1) is 15.4. The minimum absolute atomic E-state index is 0.0304. The molecule has 0 bridgehead atoms. The van der Waals surface area contributed by atoms with E-state index < -0.39 is 11.6 Å². The molecule has 2 aromatic carbocycles. The average molecular weight is 333 g/mol. The lowest BCUT2D eigenvalue weighted by molar-refractivity contribution is 0.0971. The summed E-state index contributed by atoms with van der Waals surface area (Å²) < 4.78 is 10.4. The van der Waals surface area contributed by atoms with Gasteiger partial charge in [-0.05, 0) is 18.2 Å². The van der Waals surface area contributed by atoms with Crippen molar-refractivity contribution in [3.63, 3.8) is 0 Å². The third-order valence-corrected chi connectivity index (χ3v) is 4.19. The molecule has 0 fully saturated rings. The van der Waals surface area contributed by atoms with E-state index in [4.69, 9.17) is 21.1 Å². The van der Waals surface area contributed by atoms with Gasteiger partial charge in [0.2, 0.25) is 5.78 Å². The van der Waals surface area contributed by atoms with Crippen LogP contribution >= 0.6 is 11.6 Å². The smallest absolute Gasteiger partial charge is 0.202 e. The monoisotopic (exact) mass is 332 g/mol. The Labute approximate surface area is 137 Å². The third kappa shape index (κ3) is 2.08. The SMILES string of the molecule is COc1ccc(OC)c2c1C(=O)c1ccc(CCl)c(O)c1C2=O. The number of rotatable bonds is 3.